The van der Waals surface area contributed by atoms with Crippen LogP contribution in [-0.2, 0) is 4.79 Å². The number of carbonyl (C=O) groups is 1. The zero-order valence-corrected chi connectivity index (χ0v) is 9.17. The van der Waals surface area contributed by atoms with Crippen LogP contribution < -0.4 is 0 Å². The van der Waals surface area contributed by atoms with Crippen LogP contribution >= 0.6 is 0 Å². The normalized spacial score (nSPS) is 10.9. The van der Waals surface area contributed by atoms with E-state index in [0.717, 1.165) is 19.3 Å². The highest BCUT2D eigenvalue weighted by molar-refractivity contribution is 5.66. The third-order valence-corrected chi connectivity index (χ3v) is 2.15. The predicted molar refractivity (Wildman–Crippen MR) is 59.4 cm³/mol. The van der Waals surface area contributed by atoms with Crippen LogP contribution in [0.5, 0.6) is 0 Å². The Hall–Kier alpha value is -0.790. The molecule has 82 valence electrons. The minimum atomic E-state index is -0.683. The van der Waals surface area contributed by atoms with Crippen LogP contribution in [-0.4, -0.2) is 11.1 Å². The minimum absolute atomic E-state index is 0.309. The number of unbranched alkanes of at least 4 members (excludes halogenated alkanes) is 5. The summed E-state index contributed by atoms with van der Waals surface area (Å²) in [6.07, 6.45) is 12.6. The first-order chi connectivity index (χ1) is 6.77. The van der Waals surface area contributed by atoms with Crippen LogP contribution in [0.25, 0.3) is 0 Å². The summed E-state index contributed by atoms with van der Waals surface area (Å²) < 4.78 is 0. The van der Waals surface area contributed by atoms with Gasteiger partial charge in [0.05, 0.1) is 0 Å². The summed E-state index contributed by atoms with van der Waals surface area (Å²) in [6.45, 7) is 2.20. The van der Waals surface area contributed by atoms with Crippen molar-refractivity contribution in [1.82, 2.24) is 0 Å². The van der Waals surface area contributed by atoms with E-state index in [-0.39, 0.29) is 0 Å². The van der Waals surface area contributed by atoms with E-state index in [1.807, 2.05) is 0 Å². The molecule has 0 spiro atoms. The van der Waals surface area contributed by atoms with Crippen LogP contribution in [0.1, 0.15) is 58.3 Å². The lowest BCUT2D eigenvalue weighted by molar-refractivity contribution is -0.137. The van der Waals surface area contributed by atoms with Crippen LogP contribution in [0.2, 0.25) is 0 Å². The lowest BCUT2D eigenvalue weighted by Crippen LogP contribution is -1.92. The van der Waals surface area contributed by atoms with E-state index in [4.69, 9.17) is 5.11 Å². The fraction of sp³-hybridized carbons (Fsp3) is 0.750. The third kappa shape index (κ3) is 11.2. The maximum Gasteiger partial charge on any atom is 0.303 e. The van der Waals surface area contributed by atoms with Crippen molar-refractivity contribution in [1.29, 1.82) is 0 Å². The molecule has 0 aliphatic rings. The Kier molecular flexibility index (Phi) is 9.71. The van der Waals surface area contributed by atoms with Gasteiger partial charge in [-0.2, -0.15) is 0 Å². The molecule has 0 saturated heterocycles. The number of allylic oxidation sites excluding steroid dienone is 2. The van der Waals surface area contributed by atoms with E-state index in [1.54, 1.807) is 0 Å². The number of hydrogen-bond acceptors (Lipinski definition) is 1. The third-order valence-electron chi connectivity index (χ3n) is 2.15. The number of hydrogen-bond donors (Lipinski definition) is 1. The van der Waals surface area contributed by atoms with Gasteiger partial charge in [-0.25, -0.2) is 0 Å². The summed E-state index contributed by atoms with van der Waals surface area (Å²) in [7, 11) is 0. The van der Waals surface area contributed by atoms with Gasteiger partial charge in [0.2, 0.25) is 0 Å². The number of carboxylic acids is 1. The lowest BCUT2D eigenvalue weighted by Gasteiger charge is -1.94. The number of carboxylic acid groups (broad SMARTS) is 1. The largest absolute Gasteiger partial charge is 0.481 e. The Labute approximate surface area is 87.0 Å². The average Bonchev–Trinajstić information content (AvgIpc) is 2.15. The Bertz CT molecular complexity index is 162. The SMILES string of the molecule is CCCCC/C=C\CCCCC(=O)O. The molecule has 0 aliphatic heterocycles. The van der Waals surface area contributed by atoms with Crippen LogP contribution in [0.3, 0.4) is 0 Å². The molecule has 0 saturated carbocycles. The van der Waals surface area contributed by atoms with Gasteiger partial charge >= 0.3 is 5.97 Å². The van der Waals surface area contributed by atoms with Crippen molar-refractivity contribution in [3.8, 4) is 0 Å². The molecule has 0 radical (unpaired) electrons. The van der Waals surface area contributed by atoms with Gasteiger partial charge in [-0.3, -0.25) is 4.79 Å². The molecular formula is C12H22O2. The Morgan fingerprint density at radius 2 is 1.64 bits per heavy atom. The van der Waals surface area contributed by atoms with E-state index < -0.39 is 5.97 Å². The summed E-state index contributed by atoms with van der Waals surface area (Å²) in [6, 6.07) is 0. The van der Waals surface area contributed by atoms with Crippen LogP contribution in [0, 0.1) is 0 Å². The molecule has 2 nitrogen and oxygen atoms in total. The molecule has 0 atom stereocenters. The molecular weight excluding hydrogens is 176 g/mol. The molecule has 0 heterocycles. The minimum Gasteiger partial charge on any atom is -0.481 e. The van der Waals surface area contributed by atoms with Gasteiger partial charge in [0.25, 0.3) is 0 Å². The molecule has 0 aromatic heterocycles. The summed E-state index contributed by atoms with van der Waals surface area (Å²) in [5.74, 6) is -0.683. The van der Waals surface area contributed by atoms with Gasteiger partial charge < -0.3 is 5.11 Å². The number of rotatable bonds is 9. The van der Waals surface area contributed by atoms with E-state index in [2.05, 4.69) is 19.1 Å². The fourth-order valence-electron chi connectivity index (χ4n) is 1.29. The second-order valence-corrected chi connectivity index (χ2v) is 3.61. The second kappa shape index (κ2) is 10.3. The van der Waals surface area contributed by atoms with Crippen molar-refractivity contribution in [2.45, 2.75) is 58.3 Å². The van der Waals surface area contributed by atoms with Crippen molar-refractivity contribution in [2.24, 2.45) is 0 Å². The molecule has 0 rings (SSSR count). The summed E-state index contributed by atoms with van der Waals surface area (Å²) in [5.41, 5.74) is 0. The second-order valence-electron chi connectivity index (χ2n) is 3.61. The standard InChI is InChI=1S/C12H22O2/c1-2-3-4-5-6-7-8-9-10-11-12(13)14/h6-7H,2-5,8-11H2,1H3,(H,13,14)/b7-6-. The Morgan fingerprint density at radius 3 is 2.14 bits per heavy atom. The predicted octanol–water partition coefficient (Wildman–Crippen LogP) is 3.77. The maximum atomic E-state index is 10.2. The zero-order valence-electron chi connectivity index (χ0n) is 9.17. The lowest BCUT2D eigenvalue weighted by atomic mass is 10.1. The van der Waals surface area contributed by atoms with Crippen LogP contribution in [0.4, 0.5) is 0 Å². The average molecular weight is 198 g/mol. The highest BCUT2D eigenvalue weighted by atomic mass is 16.4. The molecule has 0 bridgehead atoms. The number of aliphatic carboxylic acids is 1. The Balaban J connectivity index is 3.07. The van der Waals surface area contributed by atoms with Gasteiger partial charge in [-0.05, 0) is 32.1 Å². The van der Waals surface area contributed by atoms with E-state index >= 15 is 0 Å². The van der Waals surface area contributed by atoms with E-state index in [9.17, 15) is 4.79 Å². The molecule has 0 fully saturated rings. The molecule has 0 amide bonds. The van der Waals surface area contributed by atoms with Crippen molar-refractivity contribution < 1.29 is 9.90 Å². The first-order valence-electron chi connectivity index (χ1n) is 5.64. The van der Waals surface area contributed by atoms with Crippen molar-refractivity contribution >= 4 is 5.97 Å². The van der Waals surface area contributed by atoms with Gasteiger partial charge in [0.1, 0.15) is 0 Å². The van der Waals surface area contributed by atoms with E-state index in [0.29, 0.717) is 6.42 Å². The van der Waals surface area contributed by atoms with Crippen LogP contribution in [0.15, 0.2) is 12.2 Å². The monoisotopic (exact) mass is 198 g/mol. The molecule has 0 aromatic rings. The van der Waals surface area contributed by atoms with Crippen molar-refractivity contribution in [3.05, 3.63) is 12.2 Å². The summed E-state index contributed by atoms with van der Waals surface area (Å²) >= 11 is 0. The van der Waals surface area contributed by atoms with Gasteiger partial charge in [-0.1, -0.05) is 31.9 Å². The highest BCUT2D eigenvalue weighted by Crippen LogP contribution is 2.03. The molecule has 0 aliphatic carbocycles. The molecule has 14 heavy (non-hydrogen) atoms. The van der Waals surface area contributed by atoms with Gasteiger partial charge in [-0.15, -0.1) is 0 Å². The van der Waals surface area contributed by atoms with E-state index in [1.165, 1.54) is 25.7 Å². The molecule has 1 N–H and O–H groups in total. The molecule has 0 aromatic carbocycles. The fourth-order valence-corrected chi connectivity index (χ4v) is 1.29. The smallest absolute Gasteiger partial charge is 0.303 e. The topological polar surface area (TPSA) is 37.3 Å². The zero-order chi connectivity index (χ0) is 10.6. The molecule has 2 heteroatoms. The molecule has 0 unspecified atom stereocenters. The Morgan fingerprint density at radius 1 is 1.07 bits per heavy atom. The van der Waals surface area contributed by atoms with Gasteiger partial charge in [0, 0.05) is 6.42 Å². The highest BCUT2D eigenvalue weighted by Gasteiger charge is 1.93. The van der Waals surface area contributed by atoms with Crippen molar-refractivity contribution in [3.63, 3.8) is 0 Å². The van der Waals surface area contributed by atoms with Crippen molar-refractivity contribution in [2.75, 3.05) is 0 Å². The summed E-state index contributed by atoms with van der Waals surface area (Å²) in [4.78, 5) is 10.2. The maximum absolute atomic E-state index is 10.2. The first-order valence-corrected chi connectivity index (χ1v) is 5.64. The van der Waals surface area contributed by atoms with Gasteiger partial charge in [0.15, 0.2) is 0 Å². The quantitative estimate of drug-likeness (QED) is 0.452. The summed E-state index contributed by atoms with van der Waals surface area (Å²) in [5, 5.41) is 8.40. The first kappa shape index (κ1) is 13.2.